The zero-order valence-electron chi connectivity index (χ0n) is 8.49. The minimum Gasteiger partial charge on any atom is -0.148 e. The molecule has 0 fully saturated rings. The minimum absolute atomic E-state index is 1.14. The molecule has 1 aliphatic rings. The van der Waals surface area contributed by atoms with Gasteiger partial charge in [-0.25, -0.2) is 0 Å². The molecule has 0 spiro atoms. The summed E-state index contributed by atoms with van der Waals surface area (Å²) in [6, 6.07) is 10.8. The number of fused-ring (bicyclic) bond motifs is 2. The first-order valence-electron chi connectivity index (χ1n) is 5.20. The van der Waals surface area contributed by atoms with Gasteiger partial charge in [0, 0.05) is 4.88 Å². The average Bonchev–Trinajstić information content (AvgIpc) is 2.69. The molecule has 0 nitrogen and oxygen atoms in total. The number of hydrogen-bond donors (Lipinski definition) is 0. The van der Waals surface area contributed by atoms with Crippen molar-refractivity contribution >= 4 is 16.9 Å². The molecule has 1 heteroatoms. The molecule has 3 rings (SSSR count). The summed E-state index contributed by atoms with van der Waals surface area (Å²) >= 11 is 1.85. The zero-order valence-corrected chi connectivity index (χ0v) is 9.31. The second kappa shape index (κ2) is 3.35. The van der Waals surface area contributed by atoms with E-state index in [-0.39, 0.29) is 0 Å². The summed E-state index contributed by atoms with van der Waals surface area (Å²) in [5.74, 6) is 0. The van der Waals surface area contributed by atoms with Crippen LogP contribution in [0.5, 0.6) is 0 Å². The molecule has 15 heavy (non-hydrogen) atoms. The largest absolute Gasteiger partial charge is 0.148 e. The fourth-order valence-electron chi connectivity index (χ4n) is 2.23. The predicted octanol–water partition coefficient (Wildman–Crippen LogP) is 3.91. The lowest BCUT2D eigenvalue weighted by atomic mass is 9.98. The molecule has 0 radical (unpaired) electrons. The lowest BCUT2D eigenvalue weighted by molar-refractivity contribution is 0.985. The van der Waals surface area contributed by atoms with E-state index in [4.69, 9.17) is 0 Å². The fraction of sp³-hybridized carbons (Fsp3) is 0.143. The number of aryl methyl sites for hydroxylation is 2. The topological polar surface area (TPSA) is 0 Å². The van der Waals surface area contributed by atoms with Gasteiger partial charge < -0.3 is 0 Å². The van der Waals surface area contributed by atoms with Gasteiger partial charge in [0.2, 0.25) is 0 Å². The van der Waals surface area contributed by atoms with Gasteiger partial charge in [-0.05, 0) is 46.6 Å². The number of benzene rings is 1. The van der Waals surface area contributed by atoms with Gasteiger partial charge in [0.15, 0.2) is 0 Å². The standard InChI is InChI=1S/C14H12S/c1-10-12-5-3-2-4-11(12)6-7-14-13(10)8-9-15-14/h2-5,8-9H,1,6-7H2. The summed E-state index contributed by atoms with van der Waals surface area (Å²) < 4.78 is 0. The van der Waals surface area contributed by atoms with Crippen LogP contribution in [0.15, 0.2) is 42.3 Å². The van der Waals surface area contributed by atoms with Gasteiger partial charge in [-0.1, -0.05) is 30.8 Å². The molecule has 1 heterocycles. The van der Waals surface area contributed by atoms with E-state index in [9.17, 15) is 0 Å². The van der Waals surface area contributed by atoms with E-state index < -0.39 is 0 Å². The van der Waals surface area contributed by atoms with E-state index in [0.717, 1.165) is 12.8 Å². The van der Waals surface area contributed by atoms with Crippen molar-refractivity contribution in [3.8, 4) is 0 Å². The smallest absolute Gasteiger partial charge is 0.0127 e. The summed E-state index contributed by atoms with van der Waals surface area (Å²) in [6.45, 7) is 4.24. The van der Waals surface area contributed by atoms with Gasteiger partial charge in [-0.3, -0.25) is 0 Å². The van der Waals surface area contributed by atoms with Crippen molar-refractivity contribution in [2.24, 2.45) is 0 Å². The quantitative estimate of drug-likeness (QED) is 0.621. The van der Waals surface area contributed by atoms with Crippen LogP contribution >= 0.6 is 11.3 Å². The summed E-state index contributed by atoms with van der Waals surface area (Å²) in [5, 5.41) is 2.17. The lowest BCUT2D eigenvalue weighted by Crippen LogP contribution is -1.89. The third-order valence-corrected chi connectivity index (χ3v) is 4.02. The number of rotatable bonds is 0. The van der Waals surface area contributed by atoms with E-state index in [1.165, 1.54) is 27.1 Å². The van der Waals surface area contributed by atoms with Crippen LogP contribution < -0.4 is 0 Å². The maximum absolute atomic E-state index is 4.24. The van der Waals surface area contributed by atoms with Gasteiger partial charge in [0.25, 0.3) is 0 Å². The predicted molar refractivity (Wildman–Crippen MR) is 66.3 cm³/mol. The molecule has 0 amide bonds. The van der Waals surface area contributed by atoms with Crippen LogP contribution in [0.4, 0.5) is 0 Å². The van der Waals surface area contributed by atoms with Crippen molar-refractivity contribution in [3.63, 3.8) is 0 Å². The lowest BCUT2D eigenvalue weighted by Gasteiger charge is -2.06. The normalized spacial score (nSPS) is 14.3. The Morgan fingerprint density at radius 1 is 1.00 bits per heavy atom. The van der Waals surface area contributed by atoms with E-state index in [1.54, 1.807) is 0 Å². The molecule has 1 aromatic carbocycles. The first kappa shape index (κ1) is 8.93. The van der Waals surface area contributed by atoms with Crippen molar-refractivity contribution in [3.05, 3.63) is 63.9 Å². The molecule has 1 aliphatic carbocycles. The first-order valence-corrected chi connectivity index (χ1v) is 6.08. The highest BCUT2D eigenvalue weighted by molar-refractivity contribution is 7.10. The van der Waals surface area contributed by atoms with Gasteiger partial charge in [0.05, 0.1) is 0 Å². The van der Waals surface area contributed by atoms with Crippen molar-refractivity contribution in [1.29, 1.82) is 0 Å². The second-order valence-electron chi connectivity index (χ2n) is 3.89. The van der Waals surface area contributed by atoms with Crippen LogP contribution in [-0.4, -0.2) is 0 Å². The van der Waals surface area contributed by atoms with Crippen molar-refractivity contribution < 1.29 is 0 Å². The van der Waals surface area contributed by atoms with E-state index >= 15 is 0 Å². The van der Waals surface area contributed by atoms with Crippen molar-refractivity contribution in [1.82, 2.24) is 0 Å². The summed E-state index contributed by atoms with van der Waals surface area (Å²) in [5.41, 5.74) is 5.31. The Balaban J connectivity index is 2.22. The maximum Gasteiger partial charge on any atom is 0.0127 e. The summed E-state index contributed by atoms with van der Waals surface area (Å²) in [7, 11) is 0. The highest BCUT2D eigenvalue weighted by Gasteiger charge is 2.16. The van der Waals surface area contributed by atoms with Crippen molar-refractivity contribution in [2.75, 3.05) is 0 Å². The fourth-order valence-corrected chi connectivity index (χ4v) is 3.14. The molecule has 0 atom stereocenters. The maximum atomic E-state index is 4.24. The van der Waals surface area contributed by atoms with E-state index in [1.807, 2.05) is 11.3 Å². The molecular weight excluding hydrogens is 200 g/mol. The second-order valence-corrected chi connectivity index (χ2v) is 4.89. The third kappa shape index (κ3) is 1.35. The molecule has 0 saturated heterocycles. The molecule has 1 aromatic heterocycles. The monoisotopic (exact) mass is 212 g/mol. The van der Waals surface area contributed by atoms with Crippen LogP contribution in [0.25, 0.3) is 5.57 Å². The zero-order chi connectivity index (χ0) is 10.3. The highest BCUT2D eigenvalue weighted by Crippen LogP contribution is 2.34. The first-order chi connectivity index (χ1) is 7.36. The Labute approximate surface area is 93.9 Å². The van der Waals surface area contributed by atoms with E-state index in [2.05, 4.69) is 42.3 Å². The molecule has 0 bridgehead atoms. The Kier molecular flexibility index (Phi) is 2.00. The van der Waals surface area contributed by atoms with Crippen LogP contribution in [0, 0.1) is 0 Å². The molecule has 74 valence electrons. The Morgan fingerprint density at radius 3 is 2.80 bits per heavy atom. The Bertz CT molecular complexity index is 520. The minimum atomic E-state index is 1.14. The van der Waals surface area contributed by atoms with Crippen LogP contribution in [-0.2, 0) is 12.8 Å². The molecule has 0 aliphatic heterocycles. The van der Waals surface area contributed by atoms with Crippen molar-refractivity contribution in [2.45, 2.75) is 12.8 Å². The third-order valence-electron chi connectivity index (χ3n) is 3.03. The highest BCUT2D eigenvalue weighted by atomic mass is 32.1. The molecule has 0 N–H and O–H groups in total. The molecule has 0 unspecified atom stereocenters. The van der Waals surface area contributed by atoms with Gasteiger partial charge in [-0.15, -0.1) is 11.3 Å². The van der Waals surface area contributed by atoms with Gasteiger partial charge in [-0.2, -0.15) is 0 Å². The Morgan fingerprint density at radius 2 is 1.87 bits per heavy atom. The number of thiophene rings is 1. The van der Waals surface area contributed by atoms with Gasteiger partial charge >= 0.3 is 0 Å². The summed E-state index contributed by atoms with van der Waals surface area (Å²) in [6.07, 6.45) is 2.30. The molecule has 0 saturated carbocycles. The van der Waals surface area contributed by atoms with E-state index in [0.29, 0.717) is 0 Å². The summed E-state index contributed by atoms with van der Waals surface area (Å²) in [4.78, 5) is 1.48. The van der Waals surface area contributed by atoms with Crippen LogP contribution in [0.2, 0.25) is 0 Å². The Hall–Kier alpha value is -1.34. The van der Waals surface area contributed by atoms with Crippen LogP contribution in [0.3, 0.4) is 0 Å². The van der Waals surface area contributed by atoms with Crippen LogP contribution in [0.1, 0.15) is 21.6 Å². The van der Waals surface area contributed by atoms with Gasteiger partial charge in [0.1, 0.15) is 0 Å². The molecule has 2 aromatic rings. The SMILES string of the molecule is C=C1c2ccccc2CCc2sccc21. The number of hydrogen-bond acceptors (Lipinski definition) is 1. The average molecular weight is 212 g/mol. The molecular formula is C14H12S.